The Hall–Kier alpha value is -3.34. The Bertz CT molecular complexity index is 924. The van der Waals surface area contributed by atoms with Gasteiger partial charge in [0.25, 0.3) is 16.8 Å². The molecule has 1 aromatic carbocycles. The van der Waals surface area contributed by atoms with Crippen molar-refractivity contribution in [3.05, 3.63) is 46.7 Å². The van der Waals surface area contributed by atoms with E-state index in [1.54, 1.807) is 12.1 Å². The third-order valence-corrected chi connectivity index (χ3v) is 3.95. The number of nitro groups is 1. The number of amides is 1. The van der Waals surface area contributed by atoms with Crippen LogP contribution in [0.3, 0.4) is 0 Å². The van der Waals surface area contributed by atoms with Crippen LogP contribution >= 0.6 is 11.8 Å². The van der Waals surface area contributed by atoms with Crippen molar-refractivity contribution in [3.8, 4) is 17.4 Å². The van der Waals surface area contributed by atoms with Crippen LogP contribution in [0.5, 0.6) is 5.75 Å². The highest BCUT2D eigenvalue weighted by Crippen LogP contribution is 2.29. The molecule has 0 atom stereocenters. The van der Waals surface area contributed by atoms with Gasteiger partial charge in [0.1, 0.15) is 5.75 Å². The van der Waals surface area contributed by atoms with Crippen molar-refractivity contribution in [2.45, 2.75) is 5.22 Å². The molecule has 1 N–H and O–H groups in total. The summed E-state index contributed by atoms with van der Waals surface area (Å²) >= 11 is 1.04. The van der Waals surface area contributed by atoms with E-state index in [0.717, 1.165) is 11.8 Å². The molecular formula is C15H12N4O6S. The van der Waals surface area contributed by atoms with Gasteiger partial charge in [-0.15, -0.1) is 10.2 Å². The van der Waals surface area contributed by atoms with Gasteiger partial charge in [0.2, 0.25) is 5.91 Å². The number of carbonyl (C=O) groups is 1. The number of furan rings is 1. The number of hydrogen-bond donors (Lipinski definition) is 1. The van der Waals surface area contributed by atoms with Gasteiger partial charge >= 0.3 is 0 Å². The molecule has 0 bridgehead atoms. The largest absolute Gasteiger partial charge is 0.494 e. The maximum absolute atomic E-state index is 12.1. The molecule has 2 aromatic heterocycles. The Labute approximate surface area is 150 Å². The zero-order valence-corrected chi connectivity index (χ0v) is 14.2. The number of non-ortho nitro benzene ring substituents is 1. The lowest BCUT2D eigenvalue weighted by molar-refractivity contribution is -0.384. The van der Waals surface area contributed by atoms with E-state index in [9.17, 15) is 14.9 Å². The number of nitrogens with one attached hydrogen (secondary N) is 1. The lowest BCUT2D eigenvalue weighted by Crippen LogP contribution is -2.14. The van der Waals surface area contributed by atoms with E-state index < -0.39 is 4.92 Å². The van der Waals surface area contributed by atoms with Crippen molar-refractivity contribution in [3.63, 3.8) is 0 Å². The number of benzene rings is 1. The molecule has 0 aliphatic rings. The molecule has 0 saturated heterocycles. The molecule has 134 valence electrons. The number of nitro benzene ring substituents is 1. The van der Waals surface area contributed by atoms with E-state index in [0.29, 0.717) is 11.4 Å². The zero-order chi connectivity index (χ0) is 18.5. The third-order valence-electron chi connectivity index (χ3n) is 3.14. The van der Waals surface area contributed by atoms with Crippen molar-refractivity contribution in [2.24, 2.45) is 0 Å². The standard InChI is InChI=1S/C15H12N4O6S/c1-23-12-7-9(19(21)22)4-5-10(12)16-13(20)8-26-15-18-17-14(25-15)11-3-2-6-24-11/h2-7H,8H2,1H3,(H,16,20). The van der Waals surface area contributed by atoms with Gasteiger partial charge in [0.15, 0.2) is 5.76 Å². The first-order valence-electron chi connectivity index (χ1n) is 7.19. The highest BCUT2D eigenvalue weighted by Gasteiger charge is 2.15. The molecule has 3 rings (SSSR count). The maximum Gasteiger partial charge on any atom is 0.284 e. The lowest BCUT2D eigenvalue weighted by atomic mass is 10.2. The number of thioether (sulfide) groups is 1. The number of anilines is 1. The fourth-order valence-electron chi connectivity index (χ4n) is 1.98. The molecule has 10 nitrogen and oxygen atoms in total. The number of aromatic nitrogens is 2. The number of methoxy groups -OCH3 is 1. The fraction of sp³-hybridized carbons (Fsp3) is 0.133. The normalized spacial score (nSPS) is 10.5. The molecule has 26 heavy (non-hydrogen) atoms. The van der Waals surface area contributed by atoms with Crippen LogP contribution < -0.4 is 10.1 Å². The molecule has 0 aliphatic carbocycles. The summed E-state index contributed by atoms with van der Waals surface area (Å²) in [5.74, 6) is 0.481. The zero-order valence-electron chi connectivity index (χ0n) is 13.4. The van der Waals surface area contributed by atoms with Crippen LogP contribution in [0.1, 0.15) is 0 Å². The number of carbonyl (C=O) groups excluding carboxylic acids is 1. The highest BCUT2D eigenvalue weighted by atomic mass is 32.2. The van der Waals surface area contributed by atoms with E-state index in [1.165, 1.54) is 31.6 Å². The Balaban J connectivity index is 1.60. The van der Waals surface area contributed by atoms with E-state index in [-0.39, 0.29) is 34.2 Å². The van der Waals surface area contributed by atoms with Crippen LogP contribution in [0.15, 0.2) is 50.7 Å². The second-order valence-corrected chi connectivity index (χ2v) is 5.76. The maximum atomic E-state index is 12.1. The molecule has 2 heterocycles. The molecule has 0 aliphatic heterocycles. The van der Waals surface area contributed by atoms with Crippen LogP contribution in [-0.2, 0) is 4.79 Å². The van der Waals surface area contributed by atoms with Crippen molar-refractivity contribution in [1.82, 2.24) is 10.2 Å². The van der Waals surface area contributed by atoms with Gasteiger partial charge in [-0.3, -0.25) is 14.9 Å². The monoisotopic (exact) mass is 376 g/mol. The van der Waals surface area contributed by atoms with Crippen molar-refractivity contribution >= 4 is 29.0 Å². The highest BCUT2D eigenvalue weighted by molar-refractivity contribution is 7.99. The van der Waals surface area contributed by atoms with E-state index in [4.69, 9.17) is 13.6 Å². The molecular weight excluding hydrogens is 364 g/mol. The molecule has 0 saturated carbocycles. The van der Waals surface area contributed by atoms with E-state index in [1.807, 2.05) is 0 Å². The average molecular weight is 376 g/mol. The van der Waals surface area contributed by atoms with Gasteiger partial charge in [-0.1, -0.05) is 11.8 Å². The van der Waals surface area contributed by atoms with Crippen molar-refractivity contribution in [1.29, 1.82) is 0 Å². The topological polar surface area (TPSA) is 134 Å². The van der Waals surface area contributed by atoms with Gasteiger partial charge in [0.05, 0.1) is 35.8 Å². The summed E-state index contributed by atoms with van der Waals surface area (Å²) in [5, 5.41) is 21.3. The third kappa shape index (κ3) is 4.00. The molecule has 0 fully saturated rings. The molecule has 11 heteroatoms. The predicted octanol–water partition coefficient (Wildman–Crippen LogP) is 2.98. The summed E-state index contributed by atoms with van der Waals surface area (Å²) in [5.41, 5.74) is 0.191. The van der Waals surface area contributed by atoms with Gasteiger partial charge in [0, 0.05) is 6.07 Å². The minimum Gasteiger partial charge on any atom is -0.494 e. The summed E-state index contributed by atoms with van der Waals surface area (Å²) in [6.45, 7) is 0. The molecule has 0 radical (unpaired) electrons. The van der Waals surface area contributed by atoms with Gasteiger partial charge in [-0.25, -0.2) is 0 Å². The summed E-state index contributed by atoms with van der Waals surface area (Å²) in [6.07, 6.45) is 1.48. The summed E-state index contributed by atoms with van der Waals surface area (Å²) in [6, 6.07) is 7.28. The van der Waals surface area contributed by atoms with Crippen LogP contribution in [0, 0.1) is 10.1 Å². The second kappa shape index (κ2) is 7.70. The van der Waals surface area contributed by atoms with E-state index >= 15 is 0 Å². The van der Waals surface area contributed by atoms with Gasteiger partial charge in [-0.05, 0) is 18.2 Å². The molecule has 0 spiro atoms. The van der Waals surface area contributed by atoms with Crippen LogP contribution in [0.4, 0.5) is 11.4 Å². The first-order valence-corrected chi connectivity index (χ1v) is 8.18. The van der Waals surface area contributed by atoms with Crippen LogP contribution in [0.25, 0.3) is 11.7 Å². The quantitative estimate of drug-likeness (QED) is 0.375. The summed E-state index contributed by atoms with van der Waals surface area (Å²) in [4.78, 5) is 22.3. The Morgan fingerprint density at radius 3 is 2.92 bits per heavy atom. The summed E-state index contributed by atoms with van der Waals surface area (Å²) < 4.78 is 15.6. The number of nitrogens with zero attached hydrogens (tertiary/aromatic N) is 3. The van der Waals surface area contributed by atoms with Crippen LogP contribution in [0.2, 0.25) is 0 Å². The smallest absolute Gasteiger partial charge is 0.284 e. The number of rotatable bonds is 7. The van der Waals surface area contributed by atoms with Crippen LogP contribution in [-0.4, -0.2) is 33.9 Å². The number of hydrogen-bond acceptors (Lipinski definition) is 9. The Morgan fingerprint density at radius 1 is 1.38 bits per heavy atom. The van der Waals surface area contributed by atoms with Gasteiger partial charge < -0.3 is 18.9 Å². The molecule has 3 aromatic rings. The first-order chi connectivity index (χ1) is 12.6. The van der Waals surface area contributed by atoms with Crippen molar-refractivity contribution in [2.75, 3.05) is 18.2 Å². The minimum absolute atomic E-state index is 0.0000695. The average Bonchev–Trinajstić information content (AvgIpc) is 3.31. The summed E-state index contributed by atoms with van der Waals surface area (Å²) in [7, 11) is 1.36. The SMILES string of the molecule is COc1cc([N+](=O)[O-])ccc1NC(=O)CSc1nnc(-c2ccco2)o1. The Morgan fingerprint density at radius 2 is 2.23 bits per heavy atom. The molecule has 0 unspecified atom stereocenters. The Kier molecular flexibility index (Phi) is 5.17. The molecule has 1 amide bonds. The first kappa shape index (κ1) is 17.5. The van der Waals surface area contributed by atoms with Crippen molar-refractivity contribution < 1.29 is 23.3 Å². The minimum atomic E-state index is -0.545. The van der Waals surface area contributed by atoms with E-state index in [2.05, 4.69) is 15.5 Å². The fourth-order valence-corrected chi connectivity index (χ4v) is 2.54. The second-order valence-electron chi connectivity index (χ2n) is 4.83. The number of ether oxygens (including phenoxy) is 1. The predicted molar refractivity (Wildman–Crippen MR) is 91.0 cm³/mol. The van der Waals surface area contributed by atoms with Gasteiger partial charge in [-0.2, -0.15) is 0 Å². The lowest BCUT2D eigenvalue weighted by Gasteiger charge is -2.09.